The first-order chi connectivity index (χ1) is 9.24. The predicted octanol–water partition coefficient (Wildman–Crippen LogP) is 4.01. The van der Waals surface area contributed by atoms with Crippen LogP contribution in [0, 0.1) is 0 Å². The van der Waals surface area contributed by atoms with E-state index in [1.165, 1.54) is 38.5 Å². The third-order valence-electron chi connectivity index (χ3n) is 4.29. The molecule has 0 radical (unpaired) electrons. The summed E-state index contributed by atoms with van der Waals surface area (Å²) < 4.78 is 12.9. The molecule has 19 heavy (non-hydrogen) atoms. The van der Waals surface area contributed by atoms with Gasteiger partial charge in [-0.15, -0.1) is 0 Å². The zero-order valence-corrected chi connectivity index (χ0v) is 13.9. The van der Waals surface area contributed by atoms with Crippen LogP contribution in [0.1, 0.15) is 78.6 Å². The molecule has 0 bridgehead atoms. The molecule has 0 heterocycles. The van der Waals surface area contributed by atoms with E-state index in [-0.39, 0.29) is 0 Å². The second-order valence-electron chi connectivity index (χ2n) is 5.88. The van der Waals surface area contributed by atoms with E-state index in [4.69, 9.17) is 0 Å². The summed E-state index contributed by atoms with van der Waals surface area (Å²) in [5, 5.41) is 4.48. The smallest absolute Gasteiger partial charge is 0.0501 e. The Balaban J connectivity index is 2.62. The van der Waals surface area contributed by atoms with Crippen molar-refractivity contribution in [1.29, 1.82) is 0 Å². The minimum absolute atomic E-state index is 0.356. The average molecular weight is 288 g/mol. The average Bonchev–Trinajstić information content (AvgIpc) is 2.46. The van der Waals surface area contributed by atoms with Gasteiger partial charge in [0.05, 0.1) is 5.25 Å². The zero-order chi connectivity index (χ0) is 14.1. The minimum atomic E-state index is -0.642. The SMILES string of the molecule is CCCNC(CCC)C(CC)S(=O)C1CCCCC1. The van der Waals surface area contributed by atoms with Crippen molar-refractivity contribution in [2.75, 3.05) is 6.54 Å². The number of nitrogens with one attached hydrogen (secondary N) is 1. The van der Waals surface area contributed by atoms with E-state index in [1.807, 2.05) is 0 Å². The van der Waals surface area contributed by atoms with Gasteiger partial charge < -0.3 is 5.32 Å². The molecular weight excluding hydrogens is 254 g/mol. The van der Waals surface area contributed by atoms with E-state index in [9.17, 15) is 4.21 Å². The number of rotatable bonds is 9. The fourth-order valence-electron chi connectivity index (χ4n) is 3.22. The Morgan fingerprint density at radius 1 is 1.11 bits per heavy atom. The Hall–Kier alpha value is 0.110. The highest BCUT2D eigenvalue weighted by atomic mass is 32.2. The molecule has 1 rings (SSSR count). The molecule has 3 unspecified atom stereocenters. The van der Waals surface area contributed by atoms with Gasteiger partial charge in [-0.1, -0.05) is 46.5 Å². The van der Waals surface area contributed by atoms with Crippen molar-refractivity contribution in [3.8, 4) is 0 Å². The van der Waals surface area contributed by atoms with Crippen molar-refractivity contribution in [3.05, 3.63) is 0 Å². The molecule has 1 aliphatic carbocycles. The molecule has 114 valence electrons. The topological polar surface area (TPSA) is 29.1 Å². The van der Waals surface area contributed by atoms with Crippen molar-refractivity contribution in [3.63, 3.8) is 0 Å². The quantitative estimate of drug-likeness (QED) is 0.694. The van der Waals surface area contributed by atoms with Crippen LogP contribution in [0.15, 0.2) is 0 Å². The van der Waals surface area contributed by atoms with Crippen LogP contribution in [0.3, 0.4) is 0 Å². The van der Waals surface area contributed by atoms with Gasteiger partial charge in [-0.3, -0.25) is 4.21 Å². The van der Waals surface area contributed by atoms with Gasteiger partial charge >= 0.3 is 0 Å². The molecule has 1 saturated carbocycles. The van der Waals surface area contributed by atoms with Crippen molar-refractivity contribution in [1.82, 2.24) is 5.32 Å². The number of hydrogen-bond acceptors (Lipinski definition) is 2. The first-order valence-electron chi connectivity index (χ1n) is 8.37. The lowest BCUT2D eigenvalue weighted by atomic mass is 10.0. The van der Waals surface area contributed by atoms with Crippen LogP contribution in [-0.4, -0.2) is 27.3 Å². The summed E-state index contributed by atoms with van der Waals surface area (Å²) in [6, 6.07) is 0.456. The van der Waals surface area contributed by atoms with E-state index in [1.54, 1.807) is 0 Å². The summed E-state index contributed by atoms with van der Waals surface area (Å²) in [5.41, 5.74) is 0. The van der Waals surface area contributed by atoms with Gasteiger partial charge in [-0.25, -0.2) is 0 Å². The molecule has 0 spiro atoms. The Morgan fingerprint density at radius 3 is 2.32 bits per heavy atom. The van der Waals surface area contributed by atoms with Crippen molar-refractivity contribution in [2.24, 2.45) is 0 Å². The molecule has 0 saturated heterocycles. The van der Waals surface area contributed by atoms with E-state index in [0.717, 1.165) is 25.8 Å². The molecule has 1 N–H and O–H groups in total. The molecule has 3 heteroatoms. The van der Waals surface area contributed by atoms with Crippen LogP contribution in [0.5, 0.6) is 0 Å². The van der Waals surface area contributed by atoms with Crippen molar-refractivity contribution in [2.45, 2.75) is 95.1 Å². The van der Waals surface area contributed by atoms with Crippen LogP contribution < -0.4 is 5.32 Å². The normalized spacial score (nSPS) is 22.1. The zero-order valence-electron chi connectivity index (χ0n) is 13.1. The van der Waals surface area contributed by atoms with E-state index in [0.29, 0.717) is 16.5 Å². The second kappa shape index (κ2) is 9.93. The first kappa shape index (κ1) is 17.2. The Labute approximate surface area is 122 Å². The molecule has 0 aromatic heterocycles. The maximum atomic E-state index is 12.9. The van der Waals surface area contributed by atoms with Crippen LogP contribution >= 0.6 is 0 Å². The third kappa shape index (κ3) is 5.55. The predicted molar refractivity (Wildman–Crippen MR) is 86.1 cm³/mol. The Morgan fingerprint density at radius 2 is 1.79 bits per heavy atom. The fraction of sp³-hybridized carbons (Fsp3) is 1.00. The molecular formula is C16H33NOS. The summed E-state index contributed by atoms with van der Waals surface area (Å²) in [7, 11) is -0.642. The third-order valence-corrected chi connectivity index (χ3v) is 6.67. The first-order valence-corrected chi connectivity index (χ1v) is 9.64. The highest BCUT2D eigenvalue weighted by Crippen LogP contribution is 2.26. The Kier molecular flexibility index (Phi) is 8.97. The van der Waals surface area contributed by atoms with E-state index < -0.39 is 10.8 Å². The van der Waals surface area contributed by atoms with Crippen molar-refractivity contribution < 1.29 is 4.21 Å². The van der Waals surface area contributed by atoms with Gasteiger partial charge in [0, 0.05) is 22.1 Å². The highest BCUT2D eigenvalue weighted by molar-refractivity contribution is 7.86. The van der Waals surface area contributed by atoms with Crippen molar-refractivity contribution >= 4 is 10.8 Å². The summed E-state index contributed by atoms with van der Waals surface area (Å²) in [6.45, 7) is 7.71. The van der Waals surface area contributed by atoms with Gasteiger partial charge in [0.1, 0.15) is 0 Å². The molecule has 0 amide bonds. The molecule has 0 aromatic carbocycles. The monoisotopic (exact) mass is 287 g/mol. The summed E-state index contributed by atoms with van der Waals surface area (Å²) >= 11 is 0. The minimum Gasteiger partial charge on any atom is -0.313 e. The maximum Gasteiger partial charge on any atom is 0.0501 e. The van der Waals surface area contributed by atoms with E-state index >= 15 is 0 Å². The standard InChI is InChI=1S/C16H33NOS/c1-4-10-15(17-13-5-2)16(6-3)19(18)14-11-8-7-9-12-14/h14-17H,4-13H2,1-3H3. The molecule has 2 nitrogen and oxygen atoms in total. The number of hydrogen-bond donors (Lipinski definition) is 1. The lowest BCUT2D eigenvalue weighted by molar-refractivity contribution is 0.439. The molecule has 1 aliphatic rings. The van der Waals surface area contributed by atoms with Crippen LogP contribution in [0.25, 0.3) is 0 Å². The summed E-state index contributed by atoms with van der Waals surface area (Å²) in [4.78, 5) is 0. The lowest BCUT2D eigenvalue weighted by Gasteiger charge is -2.31. The summed E-state index contributed by atoms with van der Waals surface area (Å²) in [6.07, 6.45) is 10.8. The van der Waals surface area contributed by atoms with Gasteiger partial charge in [0.25, 0.3) is 0 Å². The highest BCUT2D eigenvalue weighted by Gasteiger charge is 2.30. The fourth-order valence-corrected chi connectivity index (χ4v) is 5.39. The largest absolute Gasteiger partial charge is 0.313 e. The van der Waals surface area contributed by atoms with Crippen LogP contribution in [0.4, 0.5) is 0 Å². The maximum absolute atomic E-state index is 12.9. The molecule has 1 fully saturated rings. The van der Waals surface area contributed by atoms with Gasteiger partial charge in [-0.2, -0.15) is 0 Å². The summed E-state index contributed by atoms with van der Waals surface area (Å²) in [5.74, 6) is 0. The van der Waals surface area contributed by atoms with E-state index in [2.05, 4.69) is 26.1 Å². The second-order valence-corrected chi connectivity index (χ2v) is 7.81. The van der Waals surface area contributed by atoms with Crippen LogP contribution in [0.2, 0.25) is 0 Å². The van der Waals surface area contributed by atoms with Crippen LogP contribution in [-0.2, 0) is 10.8 Å². The van der Waals surface area contributed by atoms with Gasteiger partial charge in [0.2, 0.25) is 0 Å². The lowest BCUT2D eigenvalue weighted by Crippen LogP contribution is -2.45. The van der Waals surface area contributed by atoms with Gasteiger partial charge in [0.15, 0.2) is 0 Å². The van der Waals surface area contributed by atoms with Gasteiger partial charge in [-0.05, 0) is 38.6 Å². The molecule has 0 aromatic rings. The Bertz CT molecular complexity index is 251. The molecule has 3 atom stereocenters. The molecule has 0 aliphatic heterocycles.